The topological polar surface area (TPSA) is 50.4 Å². The van der Waals surface area contributed by atoms with E-state index in [1.165, 1.54) is 6.07 Å². The normalized spacial score (nSPS) is 11.8. The fourth-order valence-electron chi connectivity index (χ4n) is 2.66. The van der Waals surface area contributed by atoms with Gasteiger partial charge in [0, 0.05) is 5.56 Å². The van der Waals surface area contributed by atoms with Crippen molar-refractivity contribution in [3.05, 3.63) is 64.5 Å². The van der Waals surface area contributed by atoms with E-state index < -0.39 is 5.63 Å². The van der Waals surface area contributed by atoms with Gasteiger partial charge in [-0.25, -0.2) is 4.79 Å². The first-order valence-electron chi connectivity index (χ1n) is 7.23. The van der Waals surface area contributed by atoms with Crippen molar-refractivity contribution >= 4 is 10.8 Å². The predicted octanol–water partition coefficient (Wildman–Crippen LogP) is 4.46. The first kappa shape index (κ1) is 14.4. The molecule has 1 heterocycles. The van der Waals surface area contributed by atoms with Crippen molar-refractivity contribution < 1.29 is 9.52 Å². The molecule has 0 aliphatic heterocycles. The van der Waals surface area contributed by atoms with E-state index in [1.54, 1.807) is 12.1 Å². The minimum atomic E-state index is -0.438. The summed E-state index contributed by atoms with van der Waals surface area (Å²) in [6.45, 7) is 6.38. The summed E-state index contributed by atoms with van der Waals surface area (Å²) in [5.74, 6) is 0.608. The summed E-state index contributed by atoms with van der Waals surface area (Å²) < 4.78 is 5.50. The molecular weight excluding hydrogens is 276 g/mol. The van der Waals surface area contributed by atoms with Crippen LogP contribution in [-0.2, 0) is 5.41 Å². The van der Waals surface area contributed by atoms with Crippen molar-refractivity contribution in [3.8, 4) is 17.1 Å². The van der Waals surface area contributed by atoms with Crippen molar-refractivity contribution in [1.29, 1.82) is 0 Å². The van der Waals surface area contributed by atoms with Gasteiger partial charge in [0.05, 0.1) is 5.39 Å². The fourth-order valence-corrected chi connectivity index (χ4v) is 2.66. The van der Waals surface area contributed by atoms with Crippen LogP contribution < -0.4 is 5.63 Å². The number of phenolic OH excluding ortho intramolecular Hbond substituents is 1. The highest BCUT2D eigenvalue weighted by Crippen LogP contribution is 2.33. The largest absolute Gasteiger partial charge is 0.508 e. The smallest absolute Gasteiger partial charge is 0.344 e. The van der Waals surface area contributed by atoms with E-state index in [1.807, 2.05) is 24.3 Å². The summed E-state index contributed by atoms with van der Waals surface area (Å²) in [5, 5.41) is 10.7. The molecular formula is C19H18O3. The molecule has 1 aromatic heterocycles. The van der Waals surface area contributed by atoms with E-state index in [0.29, 0.717) is 11.1 Å². The quantitative estimate of drug-likeness (QED) is 0.720. The zero-order valence-corrected chi connectivity index (χ0v) is 12.9. The number of hydrogen-bond acceptors (Lipinski definition) is 3. The molecule has 3 heteroatoms. The van der Waals surface area contributed by atoms with Crippen LogP contribution in [0.25, 0.3) is 22.1 Å². The lowest BCUT2D eigenvalue weighted by Crippen LogP contribution is -2.13. The lowest BCUT2D eigenvalue weighted by atomic mass is 9.83. The number of fused-ring (bicyclic) bond motifs is 1. The van der Waals surface area contributed by atoms with Crippen LogP contribution in [-0.4, -0.2) is 5.11 Å². The van der Waals surface area contributed by atoms with E-state index in [0.717, 1.165) is 16.5 Å². The first-order valence-corrected chi connectivity index (χ1v) is 7.23. The molecule has 3 nitrogen and oxygen atoms in total. The zero-order chi connectivity index (χ0) is 15.9. The predicted molar refractivity (Wildman–Crippen MR) is 88.3 cm³/mol. The molecule has 0 spiro atoms. The molecule has 0 aliphatic carbocycles. The molecule has 0 unspecified atom stereocenters. The third-order valence-corrected chi connectivity index (χ3v) is 3.75. The second-order valence-electron chi connectivity index (χ2n) is 6.47. The Morgan fingerprint density at radius 1 is 1.00 bits per heavy atom. The Morgan fingerprint density at radius 3 is 2.45 bits per heavy atom. The van der Waals surface area contributed by atoms with Gasteiger partial charge in [-0.15, -0.1) is 0 Å². The summed E-state index contributed by atoms with van der Waals surface area (Å²) in [4.78, 5) is 12.2. The van der Waals surface area contributed by atoms with Crippen molar-refractivity contribution in [2.24, 2.45) is 0 Å². The van der Waals surface area contributed by atoms with Crippen LogP contribution in [0.15, 0.2) is 57.7 Å². The van der Waals surface area contributed by atoms with E-state index >= 15 is 0 Å². The van der Waals surface area contributed by atoms with E-state index in [4.69, 9.17) is 4.42 Å². The van der Waals surface area contributed by atoms with E-state index in [-0.39, 0.29) is 11.2 Å². The first-order chi connectivity index (χ1) is 10.4. The lowest BCUT2D eigenvalue weighted by Gasteiger charge is -2.22. The average Bonchev–Trinajstić information content (AvgIpc) is 2.47. The molecule has 0 saturated carbocycles. The van der Waals surface area contributed by atoms with Gasteiger partial charge >= 0.3 is 5.63 Å². The number of hydrogen-bond donors (Lipinski definition) is 1. The molecule has 0 aliphatic rings. The number of rotatable bonds is 1. The number of benzene rings is 2. The van der Waals surface area contributed by atoms with Gasteiger partial charge in [0.15, 0.2) is 0 Å². The summed E-state index contributed by atoms with van der Waals surface area (Å²) in [6.07, 6.45) is 0. The average molecular weight is 294 g/mol. The molecule has 0 atom stereocenters. The van der Waals surface area contributed by atoms with Crippen LogP contribution in [0.1, 0.15) is 26.3 Å². The van der Waals surface area contributed by atoms with Crippen LogP contribution in [0.5, 0.6) is 5.75 Å². The van der Waals surface area contributed by atoms with Crippen molar-refractivity contribution in [2.75, 3.05) is 0 Å². The third-order valence-electron chi connectivity index (χ3n) is 3.75. The molecule has 0 saturated heterocycles. The SMILES string of the molecule is CC(C)(C)c1ccccc1-c1cc2ccc(O)cc2c(=O)o1. The third kappa shape index (κ3) is 2.50. The molecule has 0 radical (unpaired) electrons. The van der Waals surface area contributed by atoms with Crippen LogP contribution in [0, 0.1) is 0 Å². The van der Waals surface area contributed by atoms with Gasteiger partial charge in [-0.2, -0.15) is 0 Å². The van der Waals surface area contributed by atoms with Crippen molar-refractivity contribution in [3.63, 3.8) is 0 Å². The Hall–Kier alpha value is -2.55. The second-order valence-corrected chi connectivity index (χ2v) is 6.47. The van der Waals surface area contributed by atoms with Gasteiger partial charge in [0.2, 0.25) is 0 Å². The molecule has 0 fully saturated rings. The standard InChI is InChI=1S/C19H18O3/c1-19(2,3)16-7-5-4-6-14(16)17-10-12-8-9-13(20)11-15(12)18(21)22-17/h4-11,20H,1-3H3. The Balaban J connectivity index is 2.29. The summed E-state index contributed by atoms with van der Waals surface area (Å²) in [7, 11) is 0. The number of phenols is 1. The summed E-state index contributed by atoms with van der Waals surface area (Å²) in [6, 6.07) is 14.5. The zero-order valence-electron chi connectivity index (χ0n) is 12.9. The molecule has 2 aromatic carbocycles. The van der Waals surface area contributed by atoms with E-state index in [2.05, 4.69) is 26.8 Å². The minimum absolute atomic E-state index is 0.0565. The van der Waals surface area contributed by atoms with Crippen molar-refractivity contribution in [1.82, 2.24) is 0 Å². The molecule has 0 bridgehead atoms. The summed E-state index contributed by atoms with van der Waals surface area (Å²) >= 11 is 0. The monoisotopic (exact) mass is 294 g/mol. The maximum absolute atomic E-state index is 12.2. The molecule has 3 aromatic rings. The Kier molecular flexibility index (Phi) is 3.28. The Bertz CT molecular complexity index is 898. The van der Waals surface area contributed by atoms with Crippen LogP contribution in [0.2, 0.25) is 0 Å². The highest BCUT2D eigenvalue weighted by molar-refractivity contribution is 5.85. The highest BCUT2D eigenvalue weighted by atomic mass is 16.4. The van der Waals surface area contributed by atoms with Gasteiger partial charge < -0.3 is 9.52 Å². The second kappa shape index (κ2) is 5.02. The number of aromatic hydroxyl groups is 1. The van der Waals surface area contributed by atoms with Gasteiger partial charge in [-0.05, 0) is 34.6 Å². The fraction of sp³-hybridized carbons (Fsp3) is 0.211. The highest BCUT2D eigenvalue weighted by Gasteiger charge is 2.20. The minimum Gasteiger partial charge on any atom is -0.508 e. The van der Waals surface area contributed by atoms with Gasteiger partial charge in [-0.1, -0.05) is 51.1 Å². The van der Waals surface area contributed by atoms with Crippen LogP contribution >= 0.6 is 0 Å². The van der Waals surface area contributed by atoms with E-state index in [9.17, 15) is 9.90 Å². The maximum Gasteiger partial charge on any atom is 0.344 e. The molecule has 22 heavy (non-hydrogen) atoms. The van der Waals surface area contributed by atoms with Gasteiger partial charge in [0.25, 0.3) is 0 Å². The Labute approximate surface area is 128 Å². The Morgan fingerprint density at radius 2 is 1.73 bits per heavy atom. The molecule has 1 N–H and O–H groups in total. The van der Waals surface area contributed by atoms with Crippen LogP contribution in [0.4, 0.5) is 0 Å². The lowest BCUT2D eigenvalue weighted by molar-refractivity contribution is 0.475. The molecule has 112 valence electrons. The van der Waals surface area contributed by atoms with Gasteiger partial charge in [-0.3, -0.25) is 0 Å². The summed E-state index contributed by atoms with van der Waals surface area (Å²) in [5.41, 5.74) is 1.55. The van der Waals surface area contributed by atoms with Crippen molar-refractivity contribution in [2.45, 2.75) is 26.2 Å². The molecule has 0 amide bonds. The molecule has 3 rings (SSSR count). The van der Waals surface area contributed by atoms with Gasteiger partial charge in [0.1, 0.15) is 11.5 Å². The maximum atomic E-state index is 12.2. The van der Waals surface area contributed by atoms with Crippen LogP contribution in [0.3, 0.4) is 0 Å².